The van der Waals surface area contributed by atoms with Crippen LogP contribution in [0.25, 0.3) is 0 Å². The summed E-state index contributed by atoms with van der Waals surface area (Å²) in [6.45, 7) is 3.18. The standard InChI is InChI=1S/C21H23NO4/c1-25-16-7-6-15-13-22(14-21(8-9-21)18(15)12-16)10-11-26-19-5-3-2-4-17(19)20(23)24/h2-7,12H,8-11,13-14H2,1H3,(H,23,24). The number of hydrogen-bond acceptors (Lipinski definition) is 4. The third-order valence-electron chi connectivity index (χ3n) is 5.44. The summed E-state index contributed by atoms with van der Waals surface area (Å²) in [5.41, 5.74) is 3.27. The summed E-state index contributed by atoms with van der Waals surface area (Å²) in [5.74, 6) is 0.402. The fourth-order valence-corrected chi connectivity index (χ4v) is 3.91. The third kappa shape index (κ3) is 3.15. The third-order valence-corrected chi connectivity index (χ3v) is 5.44. The molecule has 5 nitrogen and oxygen atoms in total. The largest absolute Gasteiger partial charge is 0.497 e. The lowest BCUT2D eigenvalue weighted by Gasteiger charge is -2.35. The average Bonchev–Trinajstić information content (AvgIpc) is 3.41. The van der Waals surface area contributed by atoms with Crippen LogP contribution in [0.15, 0.2) is 42.5 Å². The van der Waals surface area contributed by atoms with Crippen LogP contribution >= 0.6 is 0 Å². The number of aromatic carboxylic acids is 1. The van der Waals surface area contributed by atoms with Crippen molar-refractivity contribution in [1.29, 1.82) is 0 Å². The number of carboxylic acid groups (broad SMARTS) is 1. The SMILES string of the molecule is COc1ccc2c(c1)C1(CC1)CN(CCOc1ccccc1C(=O)O)C2. The molecule has 1 spiro atoms. The van der Waals surface area contributed by atoms with Crippen LogP contribution in [0, 0.1) is 0 Å². The van der Waals surface area contributed by atoms with Crippen molar-refractivity contribution in [1.82, 2.24) is 4.90 Å². The molecule has 0 bridgehead atoms. The minimum atomic E-state index is -0.960. The number of ether oxygens (including phenoxy) is 2. The van der Waals surface area contributed by atoms with E-state index in [0.29, 0.717) is 12.4 Å². The average molecular weight is 353 g/mol. The molecule has 0 saturated heterocycles. The number of methoxy groups -OCH3 is 1. The highest BCUT2D eigenvalue weighted by molar-refractivity contribution is 5.90. The van der Waals surface area contributed by atoms with Crippen LogP contribution in [0.2, 0.25) is 0 Å². The van der Waals surface area contributed by atoms with Crippen molar-refractivity contribution in [2.45, 2.75) is 24.8 Å². The molecule has 1 aliphatic heterocycles. The first-order valence-corrected chi connectivity index (χ1v) is 8.96. The molecule has 0 aromatic heterocycles. The Kier molecular flexibility index (Phi) is 4.32. The van der Waals surface area contributed by atoms with Gasteiger partial charge in [0.2, 0.25) is 0 Å². The summed E-state index contributed by atoms with van der Waals surface area (Å²) < 4.78 is 11.2. The van der Waals surface area contributed by atoms with Gasteiger partial charge in [-0.05, 0) is 48.2 Å². The summed E-state index contributed by atoms with van der Waals surface area (Å²) in [7, 11) is 1.71. The van der Waals surface area contributed by atoms with Gasteiger partial charge in [0, 0.05) is 25.0 Å². The first-order valence-electron chi connectivity index (χ1n) is 8.96. The molecule has 2 aliphatic rings. The summed E-state index contributed by atoms with van der Waals surface area (Å²) in [4.78, 5) is 13.7. The van der Waals surface area contributed by atoms with Gasteiger partial charge < -0.3 is 14.6 Å². The lowest BCUT2D eigenvalue weighted by Crippen LogP contribution is -2.40. The quantitative estimate of drug-likeness (QED) is 0.863. The first kappa shape index (κ1) is 16.9. The van der Waals surface area contributed by atoms with E-state index in [-0.39, 0.29) is 11.0 Å². The van der Waals surface area contributed by atoms with E-state index in [0.717, 1.165) is 25.4 Å². The Morgan fingerprint density at radius 1 is 1.23 bits per heavy atom. The summed E-state index contributed by atoms with van der Waals surface area (Å²) in [5, 5.41) is 9.24. The maximum absolute atomic E-state index is 11.3. The fraction of sp³-hybridized carbons (Fsp3) is 0.381. The lowest BCUT2D eigenvalue weighted by molar-refractivity contribution is 0.0691. The van der Waals surface area contributed by atoms with E-state index < -0.39 is 5.97 Å². The van der Waals surface area contributed by atoms with Crippen LogP contribution in [0.4, 0.5) is 0 Å². The molecule has 1 aliphatic carbocycles. The second-order valence-electron chi connectivity index (χ2n) is 7.16. The Bertz CT molecular complexity index is 829. The van der Waals surface area contributed by atoms with Crippen LogP contribution in [0.5, 0.6) is 11.5 Å². The maximum Gasteiger partial charge on any atom is 0.339 e. The van der Waals surface area contributed by atoms with Gasteiger partial charge in [-0.2, -0.15) is 0 Å². The molecular weight excluding hydrogens is 330 g/mol. The zero-order chi connectivity index (χ0) is 18.1. The summed E-state index contributed by atoms with van der Waals surface area (Å²) >= 11 is 0. The molecule has 1 heterocycles. The van der Waals surface area contributed by atoms with Gasteiger partial charge in [0.05, 0.1) is 7.11 Å². The Hall–Kier alpha value is -2.53. The van der Waals surface area contributed by atoms with E-state index in [1.807, 2.05) is 6.07 Å². The minimum Gasteiger partial charge on any atom is -0.497 e. The molecule has 4 rings (SSSR count). The van der Waals surface area contributed by atoms with Gasteiger partial charge in [0.15, 0.2) is 0 Å². The molecule has 5 heteroatoms. The van der Waals surface area contributed by atoms with Crippen molar-refractivity contribution in [3.63, 3.8) is 0 Å². The van der Waals surface area contributed by atoms with E-state index in [9.17, 15) is 9.90 Å². The second-order valence-corrected chi connectivity index (χ2v) is 7.16. The van der Waals surface area contributed by atoms with Gasteiger partial charge >= 0.3 is 5.97 Å². The van der Waals surface area contributed by atoms with E-state index in [2.05, 4.69) is 17.0 Å². The Morgan fingerprint density at radius 3 is 2.77 bits per heavy atom. The van der Waals surface area contributed by atoms with Gasteiger partial charge in [0.25, 0.3) is 0 Å². The van der Waals surface area contributed by atoms with Gasteiger partial charge in [0.1, 0.15) is 23.7 Å². The Balaban J connectivity index is 1.42. The number of benzene rings is 2. The predicted octanol–water partition coefficient (Wildman–Crippen LogP) is 3.32. The second kappa shape index (κ2) is 6.65. The molecule has 0 amide bonds. The molecule has 2 aromatic rings. The van der Waals surface area contributed by atoms with Crippen molar-refractivity contribution in [3.8, 4) is 11.5 Å². The van der Waals surface area contributed by atoms with Crippen molar-refractivity contribution >= 4 is 5.97 Å². The van der Waals surface area contributed by atoms with Crippen LogP contribution in [0.1, 0.15) is 34.3 Å². The lowest BCUT2D eigenvalue weighted by atomic mass is 9.87. The highest BCUT2D eigenvalue weighted by Crippen LogP contribution is 2.53. The van der Waals surface area contributed by atoms with Crippen LogP contribution in [-0.4, -0.2) is 42.8 Å². The number of carboxylic acids is 1. The number of fused-ring (bicyclic) bond motifs is 2. The van der Waals surface area contributed by atoms with Gasteiger partial charge in [-0.3, -0.25) is 4.90 Å². The molecule has 0 radical (unpaired) electrons. The molecule has 26 heavy (non-hydrogen) atoms. The van der Waals surface area contributed by atoms with Gasteiger partial charge in [-0.25, -0.2) is 4.79 Å². The number of carbonyl (C=O) groups is 1. The Labute approximate surface area is 153 Å². The Morgan fingerprint density at radius 2 is 2.04 bits per heavy atom. The summed E-state index contributed by atoms with van der Waals surface area (Å²) in [6, 6.07) is 13.2. The van der Waals surface area contributed by atoms with Crippen molar-refractivity contribution in [2.75, 3.05) is 26.8 Å². The highest BCUT2D eigenvalue weighted by atomic mass is 16.5. The van der Waals surface area contributed by atoms with E-state index >= 15 is 0 Å². The fourth-order valence-electron chi connectivity index (χ4n) is 3.91. The molecule has 1 N–H and O–H groups in total. The number of rotatable bonds is 6. The highest BCUT2D eigenvalue weighted by Gasteiger charge is 2.49. The van der Waals surface area contributed by atoms with Crippen LogP contribution in [-0.2, 0) is 12.0 Å². The smallest absolute Gasteiger partial charge is 0.339 e. The number of hydrogen-bond donors (Lipinski definition) is 1. The number of para-hydroxylation sites is 1. The number of nitrogens with zero attached hydrogens (tertiary/aromatic N) is 1. The maximum atomic E-state index is 11.3. The molecule has 1 saturated carbocycles. The molecule has 1 fully saturated rings. The molecule has 0 atom stereocenters. The predicted molar refractivity (Wildman–Crippen MR) is 98.1 cm³/mol. The molecule has 136 valence electrons. The van der Waals surface area contributed by atoms with Crippen molar-refractivity contribution in [2.24, 2.45) is 0 Å². The monoisotopic (exact) mass is 353 g/mol. The summed E-state index contributed by atoms with van der Waals surface area (Å²) in [6.07, 6.45) is 2.43. The van der Waals surface area contributed by atoms with Crippen LogP contribution < -0.4 is 9.47 Å². The van der Waals surface area contributed by atoms with Gasteiger partial charge in [-0.1, -0.05) is 18.2 Å². The molecular formula is C21H23NO4. The van der Waals surface area contributed by atoms with Gasteiger partial charge in [-0.15, -0.1) is 0 Å². The first-order chi connectivity index (χ1) is 12.6. The minimum absolute atomic E-state index is 0.210. The molecule has 2 aromatic carbocycles. The normalized spacial score (nSPS) is 17.6. The van der Waals surface area contributed by atoms with Crippen molar-refractivity contribution in [3.05, 3.63) is 59.2 Å². The molecule has 0 unspecified atom stereocenters. The zero-order valence-electron chi connectivity index (χ0n) is 14.9. The zero-order valence-corrected chi connectivity index (χ0v) is 14.9. The topological polar surface area (TPSA) is 59.0 Å². The van der Waals surface area contributed by atoms with E-state index in [1.165, 1.54) is 24.0 Å². The van der Waals surface area contributed by atoms with E-state index in [1.54, 1.807) is 31.4 Å². The van der Waals surface area contributed by atoms with Crippen molar-refractivity contribution < 1.29 is 19.4 Å². The van der Waals surface area contributed by atoms with Crippen LogP contribution in [0.3, 0.4) is 0 Å². The van der Waals surface area contributed by atoms with E-state index in [4.69, 9.17) is 9.47 Å².